The van der Waals surface area contributed by atoms with E-state index in [0.717, 1.165) is 63.0 Å². The number of fused-ring (bicyclic) bond motifs is 3. The number of rotatable bonds is 10. The van der Waals surface area contributed by atoms with E-state index in [4.69, 9.17) is 9.72 Å². The maximum Gasteiger partial charge on any atom is 0.291 e. The van der Waals surface area contributed by atoms with E-state index < -0.39 is 8.07 Å². The lowest BCUT2D eigenvalue weighted by atomic mass is 10.2. The van der Waals surface area contributed by atoms with Crippen LogP contribution in [0.25, 0.3) is 21.3 Å². The number of thiazole rings is 1. The Hall–Kier alpha value is -3.08. The number of ether oxygens (including phenoxy) is 1. The summed E-state index contributed by atoms with van der Waals surface area (Å²) in [5.41, 5.74) is 3.62. The average molecular weight is 533 g/mol. The fraction of sp³-hybridized carbons (Fsp3) is 0.407. The van der Waals surface area contributed by atoms with Crippen LogP contribution in [0.1, 0.15) is 35.1 Å². The molecule has 1 fully saturated rings. The quantitative estimate of drug-likeness (QED) is 0.180. The maximum atomic E-state index is 13.5. The topological polar surface area (TPSA) is 79.8 Å². The molecular weight excluding hydrogens is 500 g/mol. The van der Waals surface area contributed by atoms with Gasteiger partial charge in [0.15, 0.2) is 5.65 Å². The second kappa shape index (κ2) is 9.66. The van der Waals surface area contributed by atoms with Crippen LogP contribution in [-0.4, -0.2) is 43.8 Å². The predicted molar refractivity (Wildman–Crippen MR) is 150 cm³/mol. The summed E-state index contributed by atoms with van der Waals surface area (Å²) in [7, 11) is -1.09. The molecule has 0 atom stereocenters. The van der Waals surface area contributed by atoms with Gasteiger partial charge >= 0.3 is 0 Å². The SMILES string of the molecule is C[Si](C)(C)CCOCn1ccc(Cc2nc3c(s2)c2cnn(Cc4ccccc4)c(=O)c2n3C2CC2)n1. The van der Waals surface area contributed by atoms with E-state index in [1.54, 1.807) is 16.0 Å². The van der Waals surface area contributed by atoms with Crippen molar-refractivity contribution >= 4 is 40.7 Å². The summed E-state index contributed by atoms with van der Waals surface area (Å²) in [4.78, 5) is 18.5. The largest absolute Gasteiger partial charge is 0.360 e. The Morgan fingerprint density at radius 3 is 2.70 bits per heavy atom. The molecule has 10 heteroatoms. The second-order valence-electron chi connectivity index (χ2n) is 11.1. The van der Waals surface area contributed by atoms with Crippen molar-refractivity contribution in [2.45, 2.75) is 64.3 Å². The zero-order valence-electron chi connectivity index (χ0n) is 21.6. The minimum Gasteiger partial charge on any atom is -0.360 e. The Balaban J connectivity index is 1.25. The van der Waals surface area contributed by atoms with Gasteiger partial charge in [-0.1, -0.05) is 50.0 Å². The van der Waals surface area contributed by atoms with Gasteiger partial charge < -0.3 is 9.30 Å². The van der Waals surface area contributed by atoms with Crippen LogP contribution in [0.3, 0.4) is 0 Å². The summed E-state index contributed by atoms with van der Waals surface area (Å²) in [6, 6.07) is 13.5. The second-order valence-corrected chi connectivity index (χ2v) is 17.8. The minimum absolute atomic E-state index is 0.0483. The summed E-state index contributed by atoms with van der Waals surface area (Å²) in [5, 5.41) is 11.1. The van der Waals surface area contributed by atoms with E-state index in [1.807, 2.05) is 53.5 Å². The fourth-order valence-electron chi connectivity index (χ4n) is 4.57. The van der Waals surface area contributed by atoms with Crippen LogP contribution in [-0.2, 0) is 24.4 Å². The van der Waals surface area contributed by atoms with Gasteiger partial charge in [-0.05, 0) is 30.5 Å². The normalized spacial score (nSPS) is 14.2. The molecule has 0 bridgehead atoms. The van der Waals surface area contributed by atoms with Crippen molar-refractivity contribution < 1.29 is 4.74 Å². The third-order valence-electron chi connectivity index (χ3n) is 6.72. The average Bonchev–Trinajstić information content (AvgIpc) is 3.33. The van der Waals surface area contributed by atoms with E-state index in [-0.39, 0.29) is 5.56 Å². The third-order valence-corrected chi connectivity index (χ3v) is 9.50. The molecule has 0 amide bonds. The van der Waals surface area contributed by atoms with E-state index in [9.17, 15) is 4.79 Å². The van der Waals surface area contributed by atoms with Crippen molar-refractivity contribution in [3.05, 3.63) is 75.4 Å². The smallest absolute Gasteiger partial charge is 0.291 e. The van der Waals surface area contributed by atoms with Gasteiger partial charge in [-0.25, -0.2) is 14.3 Å². The highest BCUT2D eigenvalue weighted by Gasteiger charge is 2.31. The van der Waals surface area contributed by atoms with E-state index >= 15 is 0 Å². The number of nitrogens with zero attached hydrogens (tertiary/aromatic N) is 6. The Kier molecular flexibility index (Phi) is 6.34. The molecule has 0 saturated heterocycles. The molecule has 0 radical (unpaired) electrons. The first kappa shape index (κ1) is 24.3. The zero-order chi connectivity index (χ0) is 25.6. The molecule has 1 saturated carbocycles. The molecule has 0 spiro atoms. The molecule has 5 aromatic rings. The third kappa shape index (κ3) is 5.18. The van der Waals surface area contributed by atoms with Crippen LogP contribution in [0.5, 0.6) is 0 Å². The number of hydrogen-bond acceptors (Lipinski definition) is 6. The number of aromatic nitrogens is 6. The summed E-state index contributed by atoms with van der Waals surface area (Å²) in [5.74, 6) is 0. The Morgan fingerprint density at radius 1 is 1.14 bits per heavy atom. The van der Waals surface area contributed by atoms with Crippen molar-refractivity contribution in [3.8, 4) is 0 Å². The van der Waals surface area contributed by atoms with Crippen LogP contribution < -0.4 is 5.56 Å². The Labute approximate surface area is 220 Å². The molecule has 1 aliphatic carbocycles. The first-order valence-electron chi connectivity index (χ1n) is 12.9. The van der Waals surface area contributed by atoms with E-state index in [0.29, 0.717) is 25.7 Å². The molecule has 6 rings (SSSR count). The molecule has 0 N–H and O–H groups in total. The Morgan fingerprint density at radius 2 is 1.95 bits per heavy atom. The molecular formula is C27H32N6O2SSi. The van der Waals surface area contributed by atoms with Gasteiger partial charge in [0.05, 0.1) is 23.1 Å². The van der Waals surface area contributed by atoms with Gasteiger partial charge in [0.25, 0.3) is 5.56 Å². The fourth-order valence-corrected chi connectivity index (χ4v) is 6.41. The highest BCUT2D eigenvalue weighted by molar-refractivity contribution is 7.19. The lowest BCUT2D eigenvalue weighted by Gasteiger charge is -2.15. The van der Waals surface area contributed by atoms with Gasteiger partial charge in [-0.15, -0.1) is 11.3 Å². The predicted octanol–water partition coefficient (Wildman–Crippen LogP) is 5.29. The van der Waals surface area contributed by atoms with Gasteiger partial charge in [0.2, 0.25) is 0 Å². The summed E-state index contributed by atoms with van der Waals surface area (Å²) in [6.45, 7) is 8.78. The van der Waals surface area contributed by atoms with Crippen molar-refractivity contribution in [1.29, 1.82) is 0 Å². The van der Waals surface area contributed by atoms with Crippen molar-refractivity contribution in [1.82, 2.24) is 29.1 Å². The molecule has 1 aromatic carbocycles. The molecule has 1 aliphatic rings. The molecule has 0 unspecified atom stereocenters. The van der Waals surface area contributed by atoms with Crippen LogP contribution in [0.2, 0.25) is 25.7 Å². The standard InChI is InChI=1S/C27H32N6O2SSi/c1-37(2,3)14-13-35-18-31-12-11-20(30-31)15-23-29-26-25(36-23)22-16-28-32(17-19-7-5-4-6-8-19)27(34)24(22)33(26)21-9-10-21/h4-8,11-12,16,21H,9-10,13-15,17-18H2,1-3H3. The van der Waals surface area contributed by atoms with Gasteiger partial charge in [-0.2, -0.15) is 10.2 Å². The number of benzene rings is 1. The lowest BCUT2D eigenvalue weighted by Crippen LogP contribution is -2.24. The lowest BCUT2D eigenvalue weighted by molar-refractivity contribution is 0.0783. The monoisotopic (exact) mass is 532 g/mol. The Bertz CT molecular complexity index is 1610. The van der Waals surface area contributed by atoms with Crippen LogP contribution in [0.15, 0.2) is 53.6 Å². The van der Waals surface area contributed by atoms with E-state index in [2.05, 4.69) is 34.4 Å². The first-order chi connectivity index (χ1) is 17.9. The molecule has 4 aromatic heterocycles. The zero-order valence-corrected chi connectivity index (χ0v) is 23.4. The molecule has 4 heterocycles. The van der Waals surface area contributed by atoms with Gasteiger partial charge in [-0.3, -0.25) is 4.79 Å². The van der Waals surface area contributed by atoms with Crippen LogP contribution in [0, 0.1) is 0 Å². The van der Waals surface area contributed by atoms with Crippen LogP contribution in [0.4, 0.5) is 0 Å². The van der Waals surface area contributed by atoms with Crippen molar-refractivity contribution in [2.75, 3.05) is 6.61 Å². The van der Waals surface area contributed by atoms with Crippen molar-refractivity contribution in [2.24, 2.45) is 0 Å². The van der Waals surface area contributed by atoms with Crippen LogP contribution >= 0.6 is 11.3 Å². The highest BCUT2D eigenvalue weighted by atomic mass is 32.1. The first-order valence-corrected chi connectivity index (χ1v) is 17.4. The summed E-state index contributed by atoms with van der Waals surface area (Å²) >= 11 is 1.64. The molecule has 0 aliphatic heterocycles. The molecule has 192 valence electrons. The number of hydrogen-bond donors (Lipinski definition) is 0. The summed E-state index contributed by atoms with van der Waals surface area (Å²) in [6.07, 6.45) is 6.62. The van der Waals surface area contributed by atoms with E-state index in [1.165, 1.54) is 0 Å². The van der Waals surface area contributed by atoms with Gasteiger partial charge in [0.1, 0.15) is 17.3 Å². The van der Waals surface area contributed by atoms with Gasteiger partial charge in [0, 0.05) is 38.7 Å². The maximum absolute atomic E-state index is 13.5. The summed E-state index contributed by atoms with van der Waals surface area (Å²) < 4.78 is 12.5. The molecule has 37 heavy (non-hydrogen) atoms. The highest BCUT2D eigenvalue weighted by Crippen LogP contribution is 2.42. The minimum atomic E-state index is -1.09. The molecule has 8 nitrogen and oxygen atoms in total. The van der Waals surface area contributed by atoms with Crippen molar-refractivity contribution in [3.63, 3.8) is 0 Å².